The highest BCUT2D eigenvalue weighted by Gasteiger charge is 2.22. The van der Waals surface area contributed by atoms with E-state index in [-0.39, 0.29) is 17.8 Å². The number of hydrogen-bond donors (Lipinski definition) is 1. The fourth-order valence-electron chi connectivity index (χ4n) is 3.35. The van der Waals surface area contributed by atoms with Gasteiger partial charge in [0.05, 0.1) is 7.11 Å². The smallest absolute Gasteiger partial charge is 0.291 e. The van der Waals surface area contributed by atoms with Gasteiger partial charge in [0.25, 0.3) is 11.7 Å². The summed E-state index contributed by atoms with van der Waals surface area (Å²) < 4.78 is 13.0. The molecule has 1 N–H and O–H groups in total. The van der Waals surface area contributed by atoms with Gasteiger partial charge in [-0.3, -0.25) is 9.69 Å². The van der Waals surface area contributed by atoms with Gasteiger partial charge in [-0.25, -0.2) is 9.50 Å². The van der Waals surface area contributed by atoms with Crippen LogP contribution < -0.4 is 14.8 Å². The van der Waals surface area contributed by atoms with Crippen molar-refractivity contribution in [3.63, 3.8) is 0 Å². The molecule has 152 valence electrons. The maximum absolute atomic E-state index is 12.4. The Morgan fingerprint density at radius 3 is 3.10 bits per heavy atom. The quantitative estimate of drug-likeness (QED) is 0.675. The minimum Gasteiger partial charge on any atom is -0.497 e. The van der Waals surface area contributed by atoms with E-state index in [0.29, 0.717) is 18.9 Å². The first-order chi connectivity index (χ1) is 14.2. The maximum atomic E-state index is 12.4. The number of carbonyl (C=O) groups is 1. The molecule has 1 aliphatic rings. The van der Waals surface area contributed by atoms with Gasteiger partial charge in [0, 0.05) is 44.1 Å². The minimum atomic E-state index is -0.310. The van der Waals surface area contributed by atoms with Crippen molar-refractivity contribution in [1.29, 1.82) is 0 Å². The molecule has 0 radical (unpaired) electrons. The van der Waals surface area contributed by atoms with Crippen molar-refractivity contribution in [1.82, 2.24) is 29.8 Å². The second-order valence-corrected chi connectivity index (χ2v) is 6.91. The molecule has 1 atom stereocenters. The van der Waals surface area contributed by atoms with E-state index in [2.05, 4.69) is 32.2 Å². The molecule has 2 aromatic heterocycles. The number of carbonyl (C=O) groups excluding carboxylic acids is 1. The molecule has 0 fully saturated rings. The lowest BCUT2D eigenvalue weighted by atomic mass is 10.2. The number of nitrogens with one attached hydrogen (secondary N) is 1. The summed E-state index contributed by atoms with van der Waals surface area (Å²) in [5, 5.41) is 7.05. The minimum absolute atomic E-state index is 0.103. The normalized spacial score (nSPS) is 16.7. The highest BCUT2D eigenvalue weighted by atomic mass is 16.5. The van der Waals surface area contributed by atoms with Crippen LogP contribution in [0.3, 0.4) is 0 Å². The molecular weight excluding hydrogens is 372 g/mol. The average Bonchev–Trinajstić information content (AvgIpc) is 3.10. The number of methoxy groups -OCH3 is 1. The second kappa shape index (κ2) is 8.44. The number of rotatable bonds is 6. The van der Waals surface area contributed by atoms with E-state index in [1.807, 2.05) is 18.2 Å². The summed E-state index contributed by atoms with van der Waals surface area (Å²) in [5.41, 5.74) is 1.08. The molecule has 9 heteroatoms. The van der Waals surface area contributed by atoms with Crippen molar-refractivity contribution in [2.45, 2.75) is 26.0 Å². The maximum Gasteiger partial charge on any atom is 0.291 e. The lowest BCUT2D eigenvalue weighted by molar-refractivity contribution is 0.0932. The summed E-state index contributed by atoms with van der Waals surface area (Å²) >= 11 is 0. The van der Waals surface area contributed by atoms with E-state index >= 15 is 0 Å². The Bertz CT molecular complexity index is 972. The Labute approximate surface area is 168 Å². The highest BCUT2D eigenvalue weighted by Crippen LogP contribution is 2.29. The van der Waals surface area contributed by atoms with Crippen LogP contribution in [0.25, 0.3) is 5.78 Å². The first-order valence-corrected chi connectivity index (χ1v) is 9.67. The van der Waals surface area contributed by atoms with Gasteiger partial charge in [-0.1, -0.05) is 6.92 Å². The number of amides is 1. The average molecular weight is 396 g/mol. The van der Waals surface area contributed by atoms with Crippen LogP contribution in [0.4, 0.5) is 0 Å². The zero-order valence-corrected chi connectivity index (χ0v) is 16.5. The van der Waals surface area contributed by atoms with Crippen LogP contribution >= 0.6 is 0 Å². The van der Waals surface area contributed by atoms with Gasteiger partial charge < -0.3 is 14.8 Å². The topological polar surface area (TPSA) is 93.9 Å². The van der Waals surface area contributed by atoms with Crippen molar-refractivity contribution in [3.05, 3.63) is 48.0 Å². The van der Waals surface area contributed by atoms with E-state index in [0.717, 1.165) is 36.6 Å². The molecule has 4 rings (SSSR count). The molecule has 0 saturated carbocycles. The number of fused-ring (bicyclic) bond motifs is 2. The van der Waals surface area contributed by atoms with E-state index in [4.69, 9.17) is 9.47 Å². The third-order valence-corrected chi connectivity index (χ3v) is 4.91. The summed E-state index contributed by atoms with van der Waals surface area (Å²) in [7, 11) is 1.66. The standard InChI is InChI=1S/C20H24N6O3/c1-3-15-13-25(12-14-11-16(28-2)5-6-17(14)29-15)10-8-21-19(27)18-23-20-22-7-4-9-26(20)24-18/h4-7,9,11,15H,3,8,10,12-13H2,1-2H3,(H,21,27). The van der Waals surface area contributed by atoms with Crippen LogP contribution in [0.15, 0.2) is 36.7 Å². The molecule has 1 unspecified atom stereocenters. The van der Waals surface area contributed by atoms with Gasteiger partial charge in [0.15, 0.2) is 0 Å². The zero-order valence-electron chi connectivity index (χ0n) is 16.5. The lowest BCUT2D eigenvalue weighted by Gasteiger charge is -2.23. The molecule has 1 aromatic carbocycles. The van der Waals surface area contributed by atoms with Crippen LogP contribution in [0, 0.1) is 0 Å². The van der Waals surface area contributed by atoms with E-state index in [1.54, 1.807) is 25.6 Å². The van der Waals surface area contributed by atoms with Crippen molar-refractivity contribution >= 4 is 11.7 Å². The number of aromatic nitrogens is 4. The van der Waals surface area contributed by atoms with Crippen LogP contribution in [0.5, 0.6) is 11.5 Å². The summed E-state index contributed by atoms with van der Waals surface area (Å²) in [4.78, 5) is 22.9. The Kier molecular flexibility index (Phi) is 5.57. The van der Waals surface area contributed by atoms with E-state index in [9.17, 15) is 4.79 Å². The number of hydrogen-bond acceptors (Lipinski definition) is 7. The Morgan fingerprint density at radius 2 is 2.31 bits per heavy atom. The SMILES string of the molecule is CCC1CN(CCNC(=O)c2nc3ncccn3n2)Cc2cc(OC)ccc2O1. The molecule has 29 heavy (non-hydrogen) atoms. The molecule has 9 nitrogen and oxygen atoms in total. The molecule has 3 aromatic rings. The summed E-state index contributed by atoms with van der Waals surface area (Å²) in [5.74, 6) is 1.91. The molecule has 1 amide bonds. The van der Waals surface area contributed by atoms with Gasteiger partial charge in [-0.05, 0) is 30.7 Å². The van der Waals surface area contributed by atoms with Crippen LogP contribution in [0.1, 0.15) is 29.5 Å². The van der Waals surface area contributed by atoms with Crippen molar-refractivity contribution in [3.8, 4) is 11.5 Å². The number of benzene rings is 1. The number of nitrogens with zero attached hydrogens (tertiary/aromatic N) is 5. The predicted molar refractivity (Wildman–Crippen MR) is 106 cm³/mol. The zero-order chi connectivity index (χ0) is 20.2. The van der Waals surface area contributed by atoms with Crippen LogP contribution in [0.2, 0.25) is 0 Å². The fourth-order valence-corrected chi connectivity index (χ4v) is 3.35. The Balaban J connectivity index is 1.39. The molecule has 3 heterocycles. The second-order valence-electron chi connectivity index (χ2n) is 6.91. The number of ether oxygens (including phenoxy) is 2. The first-order valence-electron chi connectivity index (χ1n) is 9.67. The predicted octanol–water partition coefficient (Wildman–Crippen LogP) is 1.54. The van der Waals surface area contributed by atoms with E-state index < -0.39 is 0 Å². The molecule has 1 aliphatic heterocycles. The largest absolute Gasteiger partial charge is 0.497 e. The Hall–Kier alpha value is -3.20. The van der Waals surface area contributed by atoms with Gasteiger partial charge >= 0.3 is 0 Å². The van der Waals surface area contributed by atoms with Crippen molar-refractivity contribution in [2.75, 3.05) is 26.7 Å². The van der Waals surface area contributed by atoms with Gasteiger partial charge in [-0.2, -0.15) is 4.98 Å². The van der Waals surface area contributed by atoms with Gasteiger partial charge in [0.2, 0.25) is 5.82 Å². The van der Waals surface area contributed by atoms with Crippen molar-refractivity contribution < 1.29 is 14.3 Å². The van der Waals surface area contributed by atoms with Crippen molar-refractivity contribution in [2.24, 2.45) is 0 Å². The van der Waals surface area contributed by atoms with Gasteiger partial charge in [0.1, 0.15) is 17.6 Å². The van der Waals surface area contributed by atoms with E-state index in [1.165, 1.54) is 4.52 Å². The fraction of sp³-hybridized carbons (Fsp3) is 0.400. The molecule has 0 aliphatic carbocycles. The summed E-state index contributed by atoms with van der Waals surface area (Å²) in [6.45, 7) is 4.81. The molecule has 0 saturated heterocycles. The summed E-state index contributed by atoms with van der Waals surface area (Å²) in [6.07, 6.45) is 4.34. The highest BCUT2D eigenvalue weighted by molar-refractivity contribution is 5.90. The third-order valence-electron chi connectivity index (χ3n) is 4.91. The third kappa shape index (κ3) is 4.29. The molecule has 0 spiro atoms. The van der Waals surface area contributed by atoms with Gasteiger partial charge in [-0.15, -0.1) is 5.10 Å². The Morgan fingerprint density at radius 1 is 1.41 bits per heavy atom. The summed E-state index contributed by atoms with van der Waals surface area (Å²) in [6, 6.07) is 7.62. The first kappa shape index (κ1) is 19.1. The molecular formula is C20H24N6O3. The van der Waals surface area contributed by atoms with Crippen LogP contribution in [-0.4, -0.2) is 63.2 Å². The molecule has 0 bridgehead atoms. The van der Waals surface area contributed by atoms with Crippen LogP contribution in [-0.2, 0) is 6.54 Å². The lowest BCUT2D eigenvalue weighted by Crippen LogP contribution is -2.38. The monoisotopic (exact) mass is 396 g/mol.